The summed E-state index contributed by atoms with van der Waals surface area (Å²) in [6, 6.07) is 6.09. The molecule has 1 unspecified atom stereocenters. The highest BCUT2D eigenvalue weighted by molar-refractivity contribution is 7.76. The van der Waals surface area contributed by atoms with E-state index in [9.17, 15) is 4.79 Å². The van der Waals surface area contributed by atoms with Crippen LogP contribution in [0.4, 0.5) is 0 Å². The summed E-state index contributed by atoms with van der Waals surface area (Å²) in [5.74, 6) is 0.226. The van der Waals surface area contributed by atoms with Gasteiger partial charge in [0.1, 0.15) is 5.78 Å². The van der Waals surface area contributed by atoms with Crippen molar-refractivity contribution in [3.8, 4) is 0 Å². The Balaban J connectivity index is 0.000000487. The molecule has 1 rings (SSSR count). The quantitative estimate of drug-likeness (QED) is 0.790. The SMILES string of the molecule is CC(=O)Cc1cccc(C)c1C.NS(=O)[O-]. The van der Waals surface area contributed by atoms with Gasteiger partial charge in [-0.05, 0) is 37.5 Å². The molecule has 1 aromatic rings. The van der Waals surface area contributed by atoms with Crippen molar-refractivity contribution in [2.75, 3.05) is 0 Å². The fraction of sp³-hybridized carbons (Fsp3) is 0.364. The Morgan fingerprint density at radius 2 is 1.94 bits per heavy atom. The lowest BCUT2D eigenvalue weighted by atomic mass is 10.00. The zero-order chi connectivity index (χ0) is 12.7. The molecule has 0 amide bonds. The molecule has 1 atom stereocenters. The molecule has 16 heavy (non-hydrogen) atoms. The lowest BCUT2D eigenvalue weighted by Gasteiger charge is -2.05. The van der Waals surface area contributed by atoms with Gasteiger partial charge < -0.3 is 4.55 Å². The monoisotopic (exact) mass is 242 g/mol. The number of carbonyl (C=O) groups excluding carboxylic acids is 1. The first-order chi connectivity index (χ1) is 7.34. The van der Waals surface area contributed by atoms with Gasteiger partial charge in [0, 0.05) is 17.7 Å². The van der Waals surface area contributed by atoms with Crippen molar-refractivity contribution in [2.45, 2.75) is 27.2 Å². The number of hydrogen-bond donors (Lipinski definition) is 1. The molecule has 0 saturated carbocycles. The Morgan fingerprint density at radius 3 is 2.38 bits per heavy atom. The Morgan fingerprint density at radius 1 is 1.44 bits per heavy atom. The van der Waals surface area contributed by atoms with Gasteiger partial charge in [-0.25, -0.2) is 0 Å². The van der Waals surface area contributed by atoms with Crippen LogP contribution in [-0.4, -0.2) is 14.5 Å². The van der Waals surface area contributed by atoms with Gasteiger partial charge in [0.15, 0.2) is 0 Å². The van der Waals surface area contributed by atoms with E-state index < -0.39 is 11.3 Å². The van der Waals surface area contributed by atoms with Gasteiger partial charge >= 0.3 is 0 Å². The summed E-state index contributed by atoms with van der Waals surface area (Å²) in [4.78, 5) is 10.9. The third-order valence-electron chi connectivity index (χ3n) is 2.16. The highest BCUT2D eigenvalue weighted by Gasteiger charge is 2.02. The van der Waals surface area contributed by atoms with Crippen LogP contribution in [0.5, 0.6) is 0 Å². The Kier molecular flexibility index (Phi) is 6.80. The van der Waals surface area contributed by atoms with Gasteiger partial charge in [0.2, 0.25) is 0 Å². The van der Waals surface area contributed by atoms with E-state index in [2.05, 4.69) is 25.1 Å². The summed E-state index contributed by atoms with van der Waals surface area (Å²) in [6.07, 6.45) is 0.563. The van der Waals surface area contributed by atoms with Crippen molar-refractivity contribution < 1.29 is 13.6 Å². The van der Waals surface area contributed by atoms with Crippen LogP contribution >= 0.6 is 0 Å². The van der Waals surface area contributed by atoms with Crippen LogP contribution in [0.15, 0.2) is 18.2 Å². The van der Waals surface area contributed by atoms with E-state index >= 15 is 0 Å². The first-order valence-electron chi connectivity index (χ1n) is 4.72. The van der Waals surface area contributed by atoms with Gasteiger partial charge in [0.25, 0.3) is 0 Å². The molecule has 0 heterocycles. The number of hydrogen-bond acceptors (Lipinski definition) is 3. The molecule has 0 aliphatic heterocycles. The second kappa shape index (κ2) is 7.27. The summed E-state index contributed by atoms with van der Waals surface area (Å²) in [5, 5.41) is 4.03. The number of ketones is 1. The molecule has 0 spiro atoms. The van der Waals surface area contributed by atoms with Gasteiger partial charge in [-0.2, -0.15) is 0 Å². The largest absolute Gasteiger partial charge is 0.760 e. The van der Waals surface area contributed by atoms with Crippen LogP contribution in [0.2, 0.25) is 0 Å². The van der Waals surface area contributed by atoms with Crippen LogP contribution < -0.4 is 5.14 Å². The third-order valence-corrected chi connectivity index (χ3v) is 2.16. The second-order valence-corrected chi connectivity index (χ2v) is 4.02. The van der Waals surface area contributed by atoms with Crippen LogP contribution in [0.25, 0.3) is 0 Å². The number of benzene rings is 1. The van der Waals surface area contributed by atoms with Gasteiger partial charge in [-0.15, -0.1) is 0 Å². The zero-order valence-electron chi connectivity index (χ0n) is 9.65. The van der Waals surface area contributed by atoms with E-state index in [0.717, 1.165) is 5.56 Å². The molecule has 0 aliphatic carbocycles. The molecule has 0 aromatic heterocycles. The summed E-state index contributed by atoms with van der Waals surface area (Å²) in [7, 11) is 0. The summed E-state index contributed by atoms with van der Waals surface area (Å²) < 4.78 is 17.6. The number of aryl methyl sites for hydroxylation is 1. The van der Waals surface area contributed by atoms with Gasteiger partial charge in [-0.3, -0.25) is 14.1 Å². The summed E-state index contributed by atoms with van der Waals surface area (Å²) in [5.41, 5.74) is 3.66. The van der Waals surface area contributed by atoms with E-state index in [1.165, 1.54) is 11.1 Å². The van der Waals surface area contributed by atoms with Crippen LogP contribution in [0.1, 0.15) is 23.6 Å². The zero-order valence-corrected chi connectivity index (χ0v) is 10.5. The number of Topliss-reactive ketones (excluding diaryl/α,β-unsaturated/α-hetero) is 1. The topological polar surface area (TPSA) is 83.2 Å². The van der Waals surface area contributed by atoms with Crippen LogP contribution in [-0.2, 0) is 22.5 Å². The Labute approximate surface area is 98.3 Å². The smallest absolute Gasteiger partial charge is 0.134 e. The minimum absolute atomic E-state index is 0.226. The summed E-state index contributed by atoms with van der Waals surface area (Å²) in [6.45, 7) is 5.76. The summed E-state index contributed by atoms with van der Waals surface area (Å²) >= 11 is -2.36. The molecule has 0 radical (unpaired) electrons. The maximum absolute atomic E-state index is 10.9. The molecule has 0 bridgehead atoms. The fourth-order valence-corrected chi connectivity index (χ4v) is 1.27. The standard InChI is InChI=1S/C11H14O.H3NO2S/c1-8-5-4-6-11(10(8)3)7-9(2)12;1-4(2)3/h4-6H,7H2,1-3H3;1H2,(H,2,3)/p-1. The van der Waals surface area contributed by atoms with Crippen molar-refractivity contribution in [1.82, 2.24) is 0 Å². The Hall–Kier alpha value is -1.04. The molecular formula is C11H16NO3S-. The molecule has 1 aromatic carbocycles. The molecule has 90 valence electrons. The number of nitrogens with two attached hydrogens (primary N) is 1. The van der Waals surface area contributed by atoms with Crippen molar-refractivity contribution >= 4 is 17.0 Å². The third kappa shape index (κ3) is 6.44. The molecular weight excluding hydrogens is 226 g/mol. The van der Waals surface area contributed by atoms with Crippen molar-refractivity contribution in [2.24, 2.45) is 5.14 Å². The van der Waals surface area contributed by atoms with Crippen molar-refractivity contribution in [3.05, 3.63) is 34.9 Å². The van der Waals surface area contributed by atoms with Crippen molar-refractivity contribution in [1.29, 1.82) is 0 Å². The molecule has 2 N–H and O–H groups in total. The Bertz CT molecular complexity index is 387. The van der Waals surface area contributed by atoms with Gasteiger partial charge in [0.05, 0.1) is 0 Å². The minimum Gasteiger partial charge on any atom is -0.760 e. The first-order valence-corrected chi connectivity index (χ1v) is 5.86. The second-order valence-electron chi connectivity index (χ2n) is 3.50. The van der Waals surface area contributed by atoms with Crippen molar-refractivity contribution in [3.63, 3.8) is 0 Å². The number of carbonyl (C=O) groups is 1. The van der Waals surface area contributed by atoms with E-state index in [-0.39, 0.29) is 5.78 Å². The maximum atomic E-state index is 10.9. The van der Waals surface area contributed by atoms with Crippen LogP contribution in [0.3, 0.4) is 0 Å². The van der Waals surface area contributed by atoms with E-state index in [4.69, 9.17) is 8.76 Å². The molecule has 0 fully saturated rings. The minimum atomic E-state index is -2.36. The van der Waals surface area contributed by atoms with E-state index in [1.807, 2.05) is 12.1 Å². The lowest BCUT2D eigenvalue weighted by Crippen LogP contribution is -1.99. The average Bonchev–Trinajstić information content (AvgIpc) is 2.11. The maximum Gasteiger partial charge on any atom is 0.134 e. The van der Waals surface area contributed by atoms with Gasteiger partial charge in [-0.1, -0.05) is 18.2 Å². The first kappa shape index (κ1) is 15.0. The normalized spacial score (nSPS) is 11.3. The molecule has 0 saturated heterocycles. The predicted octanol–water partition coefficient (Wildman–Crippen LogP) is 1.17. The highest BCUT2D eigenvalue weighted by atomic mass is 32.2. The average molecular weight is 242 g/mol. The number of rotatable bonds is 2. The van der Waals surface area contributed by atoms with E-state index in [0.29, 0.717) is 6.42 Å². The predicted molar refractivity (Wildman–Crippen MR) is 63.4 cm³/mol. The molecule has 0 aliphatic rings. The molecule has 5 heteroatoms. The lowest BCUT2D eigenvalue weighted by molar-refractivity contribution is -0.116. The fourth-order valence-electron chi connectivity index (χ4n) is 1.27. The molecule has 4 nitrogen and oxygen atoms in total. The highest BCUT2D eigenvalue weighted by Crippen LogP contribution is 2.13. The van der Waals surface area contributed by atoms with Crippen LogP contribution in [0, 0.1) is 13.8 Å². The van der Waals surface area contributed by atoms with E-state index in [1.54, 1.807) is 6.92 Å².